The molecule has 5 N–H and O–H groups in total. The molecule has 6 rings (SSSR count). The first-order valence-electron chi connectivity index (χ1n) is 13.4. The van der Waals surface area contributed by atoms with Gasteiger partial charge < -0.3 is 26.0 Å². The molecule has 0 radical (unpaired) electrons. The molecule has 0 unspecified atom stereocenters. The van der Waals surface area contributed by atoms with Crippen molar-refractivity contribution in [2.24, 2.45) is 0 Å². The number of aliphatic hydroxyl groups is 1. The average Bonchev–Trinajstić information content (AvgIpc) is 3.60. The van der Waals surface area contributed by atoms with Crippen molar-refractivity contribution in [1.82, 2.24) is 24.5 Å². The van der Waals surface area contributed by atoms with Crippen LogP contribution in [0, 0.1) is 0 Å². The van der Waals surface area contributed by atoms with Crippen LogP contribution in [0.15, 0.2) is 48.9 Å². The van der Waals surface area contributed by atoms with Gasteiger partial charge >= 0.3 is 0 Å². The topological polar surface area (TPSA) is 127 Å². The van der Waals surface area contributed by atoms with Gasteiger partial charge in [-0.15, -0.1) is 0 Å². The first kappa shape index (κ1) is 23.7. The van der Waals surface area contributed by atoms with E-state index >= 15 is 0 Å². The maximum absolute atomic E-state index is 9.89. The summed E-state index contributed by atoms with van der Waals surface area (Å²) in [6.45, 7) is 0.564. The molecular weight excluding hydrogens is 464 g/mol. The van der Waals surface area contributed by atoms with Crippen LogP contribution in [0.1, 0.15) is 63.0 Å². The van der Waals surface area contributed by atoms with Gasteiger partial charge in [-0.3, -0.25) is 4.98 Å². The lowest BCUT2D eigenvalue weighted by Gasteiger charge is -2.26. The number of aliphatic hydroxyl groups excluding tert-OH is 1. The molecule has 192 valence electrons. The molecule has 2 aliphatic rings. The Morgan fingerprint density at radius 2 is 1.76 bits per heavy atom. The second-order valence-corrected chi connectivity index (χ2v) is 10.3. The minimum atomic E-state index is -0.194. The van der Waals surface area contributed by atoms with Gasteiger partial charge in [-0.2, -0.15) is 9.97 Å². The molecule has 9 nitrogen and oxygen atoms in total. The maximum Gasteiger partial charge on any atom is 0.227 e. The predicted octanol–water partition coefficient (Wildman–Crippen LogP) is 4.91. The Labute approximate surface area is 216 Å². The third-order valence-corrected chi connectivity index (χ3v) is 7.69. The average molecular weight is 499 g/mol. The Balaban J connectivity index is 1.25. The summed E-state index contributed by atoms with van der Waals surface area (Å²) in [5, 5.41) is 16.9. The van der Waals surface area contributed by atoms with Gasteiger partial charge in [0.15, 0.2) is 17.0 Å². The summed E-state index contributed by atoms with van der Waals surface area (Å²) in [7, 11) is 0. The molecule has 1 aromatic carbocycles. The summed E-state index contributed by atoms with van der Waals surface area (Å²) in [5.41, 5.74) is 11.3. The first-order valence-corrected chi connectivity index (χ1v) is 13.4. The van der Waals surface area contributed by atoms with Crippen LogP contribution in [-0.2, 0) is 6.54 Å². The Morgan fingerprint density at radius 3 is 2.51 bits per heavy atom. The fourth-order valence-electron chi connectivity index (χ4n) is 5.56. The Bertz CT molecular complexity index is 1350. The molecule has 4 aromatic rings. The minimum Gasteiger partial charge on any atom is -0.398 e. The number of benzene rings is 1. The molecule has 0 amide bonds. The maximum atomic E-state index is 9.89. The van der Waals surface area contributed by atoms with E-state index in [4.69, 9.17) is 20.7 Å². The molecule has 2 aliphatic carbocycles. The fraction of sp³-hybridized carbons (Fsp3) is 0.429. The highest BCUT2D eigenvalue weighted by molar-refractivity contribution is 5.84. The van der Waals surface area contributed by atoms with E-state index in [-0.39, 0.29) is 12.1 Å². The number of rotatable bonds is 7. The van der Waals surface area contributed by atoms with Crippen molar-refractivity contribution in [3.8, 4) is 11.3 Å². The van der Waals surface area contributed by atoms with E-state index in [1.54, 1.807) is 0 Å². The predicted molar refractivity (Wildman–Crippen MR) is 146 cm³/mol. The third kappa shape index (κ3) is 5.09. The number of anilines is 3. The molecule has 0 bridgehead atoms. The molecule has 3 aromatic heterocycles. The Morgan fingerprint density at radius 1 is 0.946 bits per heavy atom. The number of fused-ring (bicyclic) bond motifs is 1. The molecule has 2 fully saturated rings. The first-order chi connectivity index (χ1) is 18.1. The van der Waals surface area contributed by atoms with Crippen LogP contribution in [0.2, 0.25) is 0 Å². The molecule has 3 heterocycles. The molecule has 37 heavy (non-hydrogen) atoms. The fourth-order valence-corrected chi connectivity index (χ4v) is 5.56. The molecule has 0 atom stereocenters. The second kappa shape index (κ2) is 10.3. The summed E-state index contributed by atoms with van der Waals surface area (Å²) < 4.78 is 2.23. The molecule has 0 saturated heterocycles. The van der Waals surface area contributed by atoms with Gasteiger partial charge in [-0.1, -0.05) is 37.1 Å². The van der Waals surface area contributed by atoms with Gasteiger partial charge in [-0.05, 0) is 56.2 Å². The van der Waals surface area contributed by atoms with Crippen molar-refractivity contribution in [3.05, 3.63) is 54.5 Å². The Hall–Kier alpha value is -3.72. The van der Waals surface area contributed by atoms with Crippen molar-refractivity contribution in [1.29, 1.82) is 0 Å². The van der Waals surface area contributed by atoms with Crippen molar-refractivity contribution in [2.45, 2.75) is 76.1 Å². The van der Waals surface area contributed by atoms with Crippen LogP contribution in [0.25, 0.3) is 22.4 Å². The molecular formula is C28H34N8O. The van der Waals surface area contributed by atoms with Crippen LogP contribution < -0.4 is 16.4 Å². The summed E-state index contributed by atoms with van der Waals surface area (Å²) in [6, 6.07) is 12.5. The van der Waals surface area contributed by atoms with Gasteiger partial charge in [0.25, 0.3) is 0 Å². The molecule has 9 heteroatoms. The van der Waals surface area contributed by atoms with Crippen LogP contribution >= 0.6 is 0 Å². The van der Waals surface area contributed by atoms with E-state index < -0.39 is 0 Å². The summed E-state index contributed by atoms with van der Waals surface area (Å²) in [5.74, 6) is 1.33. The highest BCUT2D eigenvalue weighted by Crippen LogP contribution is 2.33. The van der Waals surface area contributed by atoms with E-state index in [1.807, 2.05) is 42.9 Å². The van der Waals surface area contributed by atoms with Gasteiger partial charge in [-0.25, -0.2) is 4.98 Å². The van der Waals surface area contributed by atoms with Crippen LogP contribution in [0.4, 0.5) is 17.5 Å². The van der Waals surface area contributed by atoms with Gasteiger partial charge in [0.1, 0.15) is 0 Å². The number of hydrogen-bond donors (Lipinski definition) is 4. The largest absolute Gasteiger partial charge is 0.398 e. The van der Waals surface area contributed by atoms with Crippen molar-refractivity contribution in [3.63, 3.8) is 0 Å². The SMILES string of the molecule is Nc1ccccc1-c1ccc(CNc2nc(NC3CCC(O)CC3)nc3c2ncn3C2CCCC2)cn1. The van der Waals surface area contributed by atoms with Crippen molar-refractivity contribution < 1.29 is 5.11 Å². The number of nitrogens with two attached hydrogens (primary N) is 1. The zero-order valence-electron chi connectivity index (χ0n) is 21.0. The van der Waals surface area contributed by atoms with Crippen LogP contribution in [0.5, 0.6) is 0 Å². The number of nitrogen functional groups attached to an aromatic ring is 1. The number of para-hydroxylation sites is 1. The van der Waals surface area contributed by atoms with E-state index in [1.165, 1.54) is 12.8 Å². The monoisotopic (exact) mass is 498 g/mol. The summed E-state index contributed by atoms with van der Waals surface area (Å²) in [4.78, 5) is 19.1. The highest BCUT2D eigenvalue weighted by Gasteiger charge is 2.24. The number of nitrogens with zero attached hydrogens (tertiary/aromatic N) is 5. The van der Waals surface area contributed by atoms with Crippen molar-refractivity contribution >= 4 is 28.6 Å². The van der Waals surface area contributed by atoms with E-state index in [2.05, 4.69) is 26.3 Å². The quantitative estimate of drug-likeness (QED) is 0.265. The highest BCUT2D eigenvalue weighted by atomic mass is 16.3. The lowest BCUT2D eigenvalue weighted by Crippen LogP contribution is -2.29. The number of imidazole rings is 1. The van der Waals surface area contributed by atoms with Crippen molar-refractivity contribution in [2.75, 3.05) is 16.4 Å². The molecule has 2 saturated carbocycles. The normalized spacial score (nSPS) is 20.4. The van der Waals surface area contributed by atoms with E-state index in [0.717, 1.165) is 78.0 Å². The zero-order valence-corrected chi connectivity index (χ0v) is 21.0. The van der Waals surface area contributed by atoms with Crippen LogP contribution in [-0.4, -0.2) is 41.8 Å². The number of aromatic nitrogens is 5. The third-order valence-electron chi connectivity index (χ3n) is 7.69. The van der Waals surface area contributed by atoms with Gasteiger partial charge in [0, 0.05) is 36.1 Å². The van der Waals surface area contributed by atoms with E-state index in [9.17, 15) is 5.11 Å². The number of hydrogen-bond acceptors (Lipinski definition) is 8. The van der Waals surface area contributed by atoms with Gasteiger partial charge in [0.05, 0.1) is 18.1 Å². The standard InChI is InChI=1S/C28H34N8O/c29-23-8-4-3-7-22(23)24-14-9-18(15-30-24)16-31-26-25-27(36(17-32-25)20-5-1-2-6-20)35-28(34-26)33-19-10-12-21(37)13-11-19/h3-4,7-9,14-15,17,19-21,37H,1-2,5-6,10-13,16,29H2,(H2,31,33,34,35). The smallest absolute Gasteiger partial charge is 0.227 e. The zero-order chi connectivity index (χ0) is 25.2. The number of nitrogens with one attached hydrogen (secondary N) is 2. The lowest BCUT2D eigenvalue weighted by molar-refractivity contribution is 0.126. The summed E-state index contributed by atoms with van der Waals surface area (Å²) >= 11 is 0. The van der Waals surface area contributed by atoms with Crippen LogP contribution in [0.3, 0.4) is 0 Å². The Kier molecular flexibility index (Phi) is 6.61. The second-order valence-electron chi connectivity index (χ2n) is 10.3. The molecule has 0 spiro atoms. The lowest BCUT2D eigenvalue weighted by atomic mass is 9.93. The molecule has 0 aliphatic heterocycles. The summed E-state index contributed by atoms with van der Waals surface area (Å²) in [6.07, 6.45) is 11.8. The number of pyridine rings is 1. The van der Waals surface area contributed by atoms with E-state index in [0.29, 0.717) is 18.5 Å². The van der Waals surface area contributed by atoms with Gasteiger partial charge in [0.2, 0.25) is 5.95 Å². The minimum absolute atomic E-state index is 0.194.